The van der Waals surface area contributed by atoms with E-state index in [4.69, 9.17) is 9.84 Å². The third-order valence-electron chi connectivity index (χ3n) is 2.10. The van der Waals surface area contributed by atoms with E-state index in [0.29, 0.717) is 0 Å². The number of rotatable bonds is 2. The van der Waals surface area contributed by atoms with Crippen molar-refractivity contribution in [2.45, 2.75) is 32.8 Å². The van der Waals surface area contributed by atoms with Crippen LogP contribution in [0.2, 0.25) is 0 Å². The molecular weight excluding hydrogens is 228 g/mol. The first-order valence-electron chi connectivity index (χ1n) is 5.22. The number of carbonyl (C=O) groups is 3. The molecule has 2 amide bonds. The number of nitrogens with one attached hydrogen (secondary N) is 1. The summed E-state index contributed by atoms with van der Waals surface area (Å²) in [4.78, 5) is 33.4. The molecule has 1 aliphatic rings. The molecule has 7 heteroatoms. The van der Waals surface area contributed by atoms with Gasteiger partial charge in [0, 0.05) is 6.42 Å². The van der Waals surface area contributed by atoms with Gasteiger partial charge in [-0.3, -0.25) is 14.6 Å². The molecule has 1 fully saturated rings. The number of hydrazine groups is 1. The molecule has 1 aliphatic heterocycles. The number of hydrogen-bond acceptors (Lipinski definition) is 4. The van der Waals surface area contributed by atoms with E-state index in [2.05, 4.69) is 5.43 Å². The van der Waals surface area contributed by atoms with Crippen molar-refractivity contribution in [1.29, 1.82) is 0 Å². The maximum absolute atomic E-state index is 11.4. The van der Waals surface area contributed by atoms with E-state index in [-0.39, 0.29) is 13.0 Å². The predicted octanol–water partition coefficient (Wildman–Crippen LogP) is 0.359. The van der Waals surface area contributed by atoms with Crippen molar-refractivity contribution in [1.82, 2.24) is 10.4 Å². The zero-order valence-electron chi connectivity index (χ0n) is 10.0. The molecule has 0 aromatic heterocycles. The van der Waals surface area contributed by atoms with E-state index in [1.807, 2.05) is 0 Å². The Morgan fingerprint density at radius 3 is 2.47 bits per heavy atom. The zero-order chi connectivity index (χ0) is 13.2. The van der Waals surface area contributed by atoms with Crippen LogP contribution in [0.5, 0.6) is 0 Å². The normalized spacial score (nSPS) is 20.3. The Labute approximate surface area is 98.7 Å². The SMILES string of the molecule is CC(C)(C)OC(=O)NN1C[C@@H](C(=O)O)CC1=O. The van der Waals surface area contributed by atoms with Crippen LogP contribution in [0, 0.1) is 5.92 Å². The van der Waals surface area contributed by atoms with Gasteiger partial charge < -0.3 is 9.84 Å². The Morgan fingerprint density at radius 2 is 2.06 bits per heavy atom. The molecule has 2 N–H and O–H groups in total. The topological polar surface area (TPSA) is 95.9 Å². The van der Waals surface area contributed by atoms with Crippen LogP contribution in [0.25, 0.3) is 0 Å². The Kier molecular flexibility index (Phi) is 3.59. The quantitative estimate of drug-likeness (QED) is 0.731. The molecule has 17 heavy (non-hydrogen) atoms. The number of aliphatic carboxylic acids is 1. The monoisotopic (exact) mass is 244 g/mol. The molecule has 1 saturated heterocycles. The number of hydrogen-bond donors (Lipinski definition) is 2. The van der Waals surface area contributed by atoms with Gasteiger partial charge in [-0.1, -0.05) is 0 Å². The maximum atomic E-state index is 11.4. The van der Waals surface area contributed by atoms with Crippen molar-refractivity contribution in [2.24, 2.45) is 5.92 Å². The second-order valence-corrected chi connectivity index (χ2v) is 4.86. The summed E-state index contributed by atoms with van der Waals surface area (Å²) in [7, 11) is 0. The first-order chi connectivity index (χ1) is 7.69. The summed E-state index contributed by atoms with van der Waals surface area (Å²) in [6.45, 7) is 5.04. The molecule has 96 valence electrons. The van der Waals surface area contributed by atoms with Gasteiger partial charge in [-0.15, -0.1) is 0 Å². The number of ether oxygens (including phenoxy) is 1. The average Bonchev–Trinajstić information content (AvgIpc) is 2.44. The van der Waals surface area contributed by atoms with Crippen molar-refractivity contribution in [3.63, 3.8) is 0 Å². The molecule has 0 spiro atoms. The molecule has 0 bridgehead atoms. The lowest BCUT2D eigenvalue weighted by molar-refractivity contribution is -0.141. The lowest BCUT2D eigenvalue weighted by Crippen LogP contribution is -2.45. The highest BCUT2D eigenvalue weighted by Crippen LogP contribution is 2.16. The van der Waals surface area contributed by atoms with Gasteiger partial charge in [0.15, 0.2) is 0 Å². The van der Waals surface area contributed by atoms with Crippen LogP contribution >= 0.6 is 0 Å². The molecule has 7 nitrogen and oxygen atoms in total. The number of carbonyl (C=O) groups excluding carboxylic acids is 2. The molecule has 1 heterocycles. The summed E-state index contributed by atoms with van der Waals surface area (Å²) >= 11 is 0. The lowest BCUT2D eigenvalue weighted by Gasteiger charge is -2.23. The van der Waals surface area contributed by atoms with E-state index >= 15 is 0 Å². The van der Waals surface area contributed by atoms with E-state index in [1.165, 1.54) is 0 Å². The van der Waals surface area contributed by atoms with Crippen molar-refractivity contribution in [3.05, 3.63) is 0 Å². The molecule has 0 saturated carbocycles. The van der Waals surface area contributed by atoms with Crippen molar-refractivity contribution in [2.75, 3.05) is 6.54 Å². The summed E-state index contributed by atoms with van der Waals surface area (Å²) in [5, 5.41) is 9.73. The van der Waals surface area contributed by atoms with Crippen LogP contribution in [-0.2, 0) is 14.3 Å². The fourth-order valence-electron chi connectivity index (χ4n) is 1.39. The summed E-state index contributed by atoms with van der Waals surface area (Å²) in [6.07, 6.45) is -0.873. The number of amides is 2. The van der Waals surface area contributed by atoms with E-state index in [9.17, 15) is 14.4 Å². The molecule has 0 radical (unpaired) electrons. The van der Waals surface area contributed by atoms with Gasteiger partial charge in [-0.05, 0) is 20.8 Å². The Bertz CT molecular complexity index is 347. The Balaban J connectivity index is 2.50. The van der Waals surface area contributed by atoms with Crippen LogP contribution in [0.15, 0.2) is 0 Å². The Morgan fingerprint density at radius 1 is 1.47 bits per heavy atom. The number of nitrogens with zero attached hydrogens (tertiary/aromatic N) is 1. The van der Waals surface area contributed by atoms with Gasteiger partial charge in [0.05, 0.1) is 12.5 Å². The first-order valence-corrected chi connectivity index (χ1v) is 5.22. The smallest absolute Gasteiger partial charge is 0.426 e. The fraction of sp³-hybridized carbons (Fsp3) is 0.700. The fourth-order valence-corrected chi connectivity index (χ4v) is 1.39. The maximum Gasteiger partial charge on any atom is 0.426 e. The molecule has 0 unspecified atom stereocenters. The van der Waals surface area contributed by atoms with Crippen molar-refractivity contribution in [3.8, 4) is 0 Å². The minimum atomic E-state index is -1.05. The lowest BCUT2D eigenvalue weighted by atomic mass is 10.1. The van der Waals surface area contributed by atoms with Gasteiger partial charge in [0.25, 0.3) is 0 Å². The van der Waals surface area contributed by atoms with Crippen LogP contribution in [0.3, 0.4) is 0 Å². The summed E-state index contributed by atoms with van der Waals surface area (Å²) in [5.74, 6) is -2.26. The van der Waals surface area contributed by atoms with Gasteiger partial charge in [-0.2, -0.15) is 0 Å². The van der Waals surface area contributed by atoms with E-state index in [1.54, 1.807) is 20.8 Å². The third-order valence-corrected chi connectivity index (χ3v) is 2.10. The molecular formula is C10H16N2O5. The van der Waals surface area contributed by atoms with Crippen LogP contribution in [0.4, 0.5) is 4.79 Å². The predicted molar refractivity (Wildman–Crippen MR) is 56.8 cm³/mol. The molecule has 0 aliphatic carbocycles. The Hall–Kier alpha value is -1.79. The van der Waals surface area contributed by atoms with E-state index < -0.39 is 29.5 Å². The van der Waals surface area contributed by atoms with Crippen LogP contribution < -0.4 is 5.43 Å². The van der Waals surface area contributed by atoms with Crippen molar-refractivity contribution >= 4 is 18.0 Å². The highest BCUT2D eigenvalue weighted by molar-refractivity contribution is 5.87. The van der Waals surface area contributed by atoms with Gasteiger partial charge >= 0.3 is 12.1 Å². The van der Waals surface area contributed by atoms with Gasteiger partial charge in [0.1, 0.15) is 5.60 Å². The highest BCUT2D eigenvalue weighted by atomic mass is 16.6. The molecule has 1 rings (SSSR count). The molecule has 0 aromatic rings. The molecule has 0 aromatic carbocycles. The van der Waals surface area contributed by atoms with Crippen LogP contribution in [-0.4, -0.2) is 40.2 Å². The summed E-state index contributed by atoms with van der Waals surface area (Å²) in [5.41, 5.74) is 1.56. The standard InChI is InChI=1S/C10H16N2O5/c1-10(2,3)17-9(16)11-12-5-6(8(14)15)4-7(12)13/h6H,4-5H2,1-3H3,(H,11,16)(H,14,15)/t6-/m0/s1. The second kappa shape index (κ2) is 4.60. The third kappa shape index (κ3) is 3.93. The first kappa shape index (κ1) is 13.3. The second-order valence-electron chi connectivity index (χ2n) is 4.86. The van der Waals surface area contributed by atoms with Gasteiger partial charge in [0.2, 0.25) is 5.91 Å². The summed E-state index contributed by atoms with van der Waals surface area (Å²) in [6, 6.07) is 0. The minimum absolute atomic E-state index is 0.0343. The largest absolute Gasteiger partial charge is 0.481 e. The van der Waals surface area contributed by atoms with Crippen molar-refractivity contribution < 1.29 is 24.2 Å². The summed E-state index contributed by atoms with van der Waals surface area (Å²) < 4.78 is 4.95. The average molecular weight is 244 g/mol. The number of carboxylic acid groups (broad SMARTS) is 1. The number of carboxylic acids is 1. The zero-order valence-corrected chi connectivity index (χ0v) is 10.0. The minimum Gasteiger partial charge on any atom is -0.481 e. The van der Waals surface area contributed by atoms with E-state index in [0.717, 1.165) is 5.01 Å². The van der Waals surface area contributed by atoms with Crippen LogP contribution in [0.1, 0.15) is 27.2 Å². The van der Waals surface area contributed by atoms with Gasteiger partial charge in [-0.25, -0.2) is 10.2 Å². The highest BCUT2D eigenvalue weighted by Gasteiger charge is 2.35. The molecule has 1 atom stereocenters.